The third-order valence-electron chi connectivity index (χ3n) is 5.43. The van der Waals surface area contributed by atoms with Crippen molar-refractivity contribution in [2.45, 2.75) is 32.2 Å². The Labute approximate surface area is 154 Å². The fourth-order valence-corrected chi connectivity index (χ4v) is 3.90. The molecule has 1 saturated heterocycles. The highest BCUT2D eigenvalue weighted by Gasteiger charge is 2.22. The molecule has 4 nitrogen and oxygen atoms in total. The van der Waals surface area contributed by atoms with E-state index in [1.807, 2.05) is 29.4 Å². The van der Waals surface area contributed by atoms with Crippen molar-refractivity contribution < 1.29 is 4.79 Å². The van der Waals surface area contributed by atoms with Gasteiger partial charge in [0.1, 0.15) is 0 Å². The highest BCUT2D eigenvalue weighted by atomic mass is 16.2. The number of benzene rings is 2. The summed E-state index contributed by atoms with van der Waals surface area (Å²) in [5.74, 6) is 0.958. The van der Waals surface area contributed by atoms with Crippen LogP contribution >= 0.6 is 0 Å². The number of hydrogen-bond acceptors (Lipinski definition) is 2. The molecule has 1 aliphatic heterocycles. The van der Waals surface area contributed by atoms with E-state index in [-0.39, 0.29) is 5.91 Å². The first-order valence-corrected chi connectivity index (χ1v) is 9.51. The van der Waals surface area contributed by atoms with Gasteiger partial charge in [-0.3, -0.25) is 4.79 Å². The average molecular weight is 347 g/mol. The lowest BCUT2D eigenvalue weighted by Gasteiger charge is -2.32. The van der Waals surface area contributed by atoms with Crippen LogP contribution in [0.25, 0.3) is 11.0 Å². The summed E-state index contributed by atoms with van der Waals surface area (Å²) in [6.45, 7) is 2.48. The molecule has 0 spiro atoms. The Hall–Kier alpha value is -2.62. The SMILES string of the molecule is O=C(CCn1cnc2ccccc21)N1CCC(Cc2ccccc2)CC1. The van der Waals surface area contributed by atoms with Crippen molar-refractivity contribution in [3.8, 4) is 0 Å². The van der Waals surface area contributed by atoms with Crippen LogP contribution in [0.2, 0.25) is 0 Å². The lowest BCUT2D eigenvalue weighted by atomic mass is 9.90. The first-order valence-electron chi connectivity index (χ1n) is 9.51. The van der Waals surface area contributed by atoms with Gasteiger partial charge in [0, 0.05) is 26.1 Å². The minimum Gasteiger partial charge on any atom is -0.343 e. The fraction of sp³-hybridized carbons (Fsp3) is 0.364. The molecule has 2 heterocycles. The van der Waals surface area contributed by atoms with Gasteiger partial charge in [-0.05, 0) is 42.9 Å². The van der Waals surface area contributed by atoms with Crippen molar-refractivity contribution in [2.24, 2.45) is 5.92 Å². The van der Waals surface area contributed by atoms with Gasteiger partial charge in [-0.25, -0.2) is 4.98 Å². The number of nitrogens with zero attached hydrogens (tertiary/aromatic N) is 3. The van der Waals surface area contributed by atoms with Crippen molar-refractivity contribution in [3.05, 3.63) is 66.5 Å². The number of piperidine rings is 1. The maximum Gasteiger partial charge on any atom is 0.224 e. The van der Waals surface area contributed by atoms with Gasteiger partial charge < -0.3 is 9.47 Å². The second kappa shape index (κ2) is 7.73. The Kier molecular flexibility index (Phi) is 5.00. The lowest BCUT2D eigenvalue weighted by Crippen LogP contribution is -2.39. The van der Waals surface area contributed by atoms with Crippen LogP contribution in [0.4, 0.5) is 0 Å². The van der Waals surface area contributed by atoms with Gasteiger partial charge >= 0.3 is 0 Å². The van der Waals surface area contributed by atoms with Crippen LogP contribution in [0, 0.1) is 5.92 Å². The summed E-state index contributed by atoms with van der Waals surface area (Å²) in [6, 6.07) is 18.7. The monoisotopic (exact) mass is 347 g/mol. The van der Waals surface area contributed by atoms with Crippen LogP contribution in [0.1, 0.15) is 24.8 Å². The van der Waals surface area contributed by atoms with Crippen molar-refractivity contribution in [3.63, 3.8) is 0 Å². The molecule has 0 saturated carbocycles. The molecule has 4 heteroatoms. The maximum atomic E-state index is 12.6. The fourth-order valence-electron chi connectivity index (χ4n) is 3.90. The summed E-state index contributed by atoms with van der Waals surface area (Å²) in [4.78, 5) is 19.0. The van der Waals surface area contributed by atoms with E-state index >= 15 is 0 Å². The number of carbonyl (C=O) groups is 1. The predicted molar refractivity (Wildman–Crippen MR) is 104 cm³/mol. The van der Waals surface area contributed by atoms with E-state index in [4.69, 9.17) is 0 Å². The molecule has 1 aromatic heterocycles. The maximum absolute atomic E-state index is 12.6. The number of fused-ring (bicyclic) bond motifs is 1. The molecule has 134 valence electrons. The summed E-state index contributed by atoms with van der Waals surface area (Å²) >= 11 is 0. The lowest BCUT2D eigenvalue weighted by molar-refractivity contribution is -0.132. The van der Waals surface area contributed by atoms with Gasteiger partial charge in [0.25, 0.3) is 0 Å². The summed E-state index contributed by atoms with van der Waals surface area (Å²) in [5, 5.41) is 0. The minimum atomic E-state index is 0.265. The second-order valence-electron chi connectivity index (χ2n) is 7.19. The van der Waals surface area contributed by atoms with Gasteiger partial charge in [0.15, 0.2) is 0 Å². The smallest absolute Gasteiger partial charge is 0.224 e. The Balaban J connectivity index is 1.27. The van der Waals surface area contributed by atoms with E-state index in [1.54, 1.807) is 0 Å². The molecule has 0 unspecified atom stereocenters. The van der Waals surface area contributed by atoms with Crippen molar-refractivity contribution in [1.82, 2.24) is 14.5 Å². The van der Waals surface area contributed by atoms with E-state index in [0.717, 1.165) is 43.4 Å². The second-order valence-corrected chi connectivity index (χ2v) is 7.19. The third-order valence-corrected chi connectivity index (χ3v) is 5.43. The molecule has 0 atom stereocenters. The van der Waals surface area contributed by atoms with Gasteiger partial charge in [-0.15, -0.1) is 0 Å². The summed E-state index contributed by atoms with van der Waals surface area (Å²) in [7, 11) is 0. The first-order chi connectivity index (χ1) is 12.8. The van der Waals surface area contributed by atoms with Crippen molar-refractivity contribution in [1.29, 1.82) is 0 Å². The molecular weight excluding hydrogens is 322 g/mol. The molecule has 2 aromatic carbocycles. The van der Waals surface area contributed by atoms with Gasteiger partial charge in [0.2, 0.25) is 5.91 Å². The van der Waals surface area contributed by atoms with Crippen LogP contribution in [0.5, 0.6) is 0 Å². The van der Waals surface area contributed by atoms with Crippen LogP contribution < -0.4 is 0 Å². The number of para-hydroxylation sites is 2. The van der Waals surface area contributed by atoms with Crippen LogP contribution in [0.3, 0.4) is 0 Å². The number of rotatable bonds is 5. The Morgan fingerprint density at radius 1 is 1.00 bits per heavy atom. The van der Waals surface area contributed by atoms with Gasteiger partial charge in [-0.2, -0.15) is 0 Å². The molecule has 1 fully saturated rings. The molecular formula is C22H25N3O. The molecule has 0 aliphatic carbocycles. The number of imidazole rings is 1. The quantitative estimate of drug-likeness (QED) is 0.702. The van der Waals surface area contributed by atoms with E-state index < -0.39 is 0 Å². The number of hydrogen-bond donors (Lipinski definition) is 0. The number of likely N-dealkylation sites (tertiary alicyclic amines) is 1. The molecule has 3 aromatic rings. The Morgan fingerprint density at radius 2 is 1.73 bits per heavy atom. The molecule has 4 rings (SSSR count). The van der Waals surface area contributed by atoms with Gasteiger partial charge in [-0.1, -0.05) is 42.5 Å². The molecule has 1 amide bonds. The number of aromatic nitrogens is 2. The van der Waals surface area contributed by atoms with Crippen molar-refractivity contribution >= 4 is 16.9 Å². The normalized spacial score (nSPS) is 15.5. The molecule has 0 bridgehead atoms. The topological polar surface area (TPSA) is 38.1 Å². The zero-order valence-electron chi connectivity index (χ0n) is 15.1. The third kappa shape index (κ3) is 3.79. The number of amides is 1. The van der Waals surface area contributed by atoms with Crippen LogP contribution in [-0.2, 0) is 17.8 Å². The van der Waals surface area contributed by atoms with Gasteiger partial charge in [0.05, 0.1) is 17.4 Å². The van der Waals surface area contributed by atoms with E-state index in [2.05, 4.69) is 45.9 Å². The van der Waals surface area contributed by atoms with Crippen LogP contribution in [-0.4, -0.2) is 33.4 Å². The average Bonchev–Trinajstić information content (AvgIpc) is 3.11. The molecule has 0 radical (unpaired) electrons. The zero-order chi connectivity index (χ0) is 17.8. The highest BCUT2D eigenvalue weighted by Crippen LogP contribution is 2.22. The summed E-state index contributed by atoms with van der Waals surface area (Å²) in [5.41, 5.74) is 3.49. The van der Waals surface area contributed by atoms with Crippen LogP contribution in [0.15, 0.2) is 60.9 Å². The highest BCUT2D eigenvalue weighted by molar-refractivity contribution is 5.77. The van der Waals surface area contributed by atoms with E-state index in [9.17, 15) is 4.79 Å². The number of aryl methyl sites for hydroxylation is 1. The molecule has 1 aliphatic rings. The first kappa shape index (κ1) is 16.8. The largest absolute Gasteiger partial charge is 0.343 e. The zero-order valence-corrected chi connectivity index (χ0v) is 15.1. The minimum absolute atomic E-state index is 0.265. The molecule has 26 heavy (non-hydrogen) atoms. The standard InChI is InChI=1S/C22H25N3O/c26-22(12-15-25-17-23-20-8-4-5-9-21(20)25)24-13-10-19(11-14-24)16-18-6-2-1-3-7-18/h1-9,17,19H,10-16H2. The summed E-state index contributed by atoms with van der Waals surface area (Å²) in [6.07, 6.45) is 5.72. The Morgan fingerprint density at radius 3 is 2.54 bits per heavy atom. The molecule has 0 N–H and O–H groups in total. The predicted octanol–water partition coefficient (Wildman–Crippen LogP) is 3.91. The number of carbonyl (C=O) groups excluding carboxylic acids is 1. The van der Waals surface area contributed by atoms with E-state index in [0.29, 0.717) is 18.9 Å². The summed E-state index contributed by atoms with van der Waals surface area (Å²) < 4.78 is 2.08. The van der Waals surface area contributed by atoms with Crippen molar-refractivity contribution in [2.75, 3.05) is 13.1 Å². The van der Waals surface area contributed by atoms with E-state index in [1.165, 1.54) is 5.56 Å². The Bertz CT molecular complexity index is 863.